The lowest BCUT2D eigenvalue weighted by Crippen LogP contribution is -2.46. The van der Waals surface area contributed by atoms with Crippen molar-refractivity contribution in [2.24, 2.45) is 5.92 Å². The molecule has 2 unspecified atom stereocenters. The molecule has 8 nitrogen and oxygen atoms in total. The van der Waals surface area contributed by atoms with E-state index in [2.05, 4.69) is 31.0 Å². The molecule has 1 aromatic carbocycles. The summed E-state index contributed by atoms with van der Waals surface area (Å²) in [4.78, 5) is 25.2. The van der Waals surface area contributed by atoms with Gasteiger partial charge in [0.05, 0.1) is 11.7 Å². The molecule has 4 rings (SSSR count). The van der Waals surface area contributed by atoms with Crippen LogP contribution in [0.4, 0.5) is 0 Å². The number of amides is 2. The Balaban J connectivity index is 1.39. The molecule has 4 N–H and O–H groups in total. The van der Waals surface area contributed by atoms with Crippen LogP contribution in [0, 0.1) is 19.8 Å². The van der Waals surface area contributed by atoms with E-state index >= 15 is 0 Å². The predicted molar refractivity (Wildman–Crippen MR) is 110 cm³/mol. The third kappa shape index (κ3) is 4.01. The Morgan fingerprint density at radius 3 is 2.76 bits per heavy atom. The van der Waals surface area contributed by atoms with Gasteiger partial charge < -0.3 is 10.6 Å². The van der Waals surface area contributed by atoms with Crippen LogP contribution in [0.5, 0.6) is 0 Å². The van der Waals surface area contributed by atoms with E-state index in [1.165, 1.54) is 0 Å². The van der Waals surface area contributed by atoms with Crippen molar-refractivity contribution in [3.05, 3.63) is 46.9 Å². The van der Waals surface area contributed by atoms with Crippen molar-refractivity contribution in [1.29, 1.82) is 0 Å². The highest BCUT2D eigenvalue weighted by molar-refractivity contribution is 5.98. The van der Waals surface area contributed by atoms with Crippen LogP contribution in [-0.2, 0) is 0 Å². The van der Waals surface area contributed by atoms with Crippen molar-refractivity contribution in [3.8, 4) is 0 Å². The van der Waals surface area contributed by atoms with Crippen molar-refractivity contribution < 1.29 is 9.59 Å². The van der Waals surface area contributed by atoms with E-state index in [1.54, 1.807) is 12.3 Å². The van der Waals surface area contributed by atoms with Gasteiger partial charge in [-0.25, -0.2) is 0 Å². The largest absolute Gasteiger partial charge is 0.352 e. The Morgan fingerprint density at radius 1 is 1.14 bits per heavy atom. The summed E-state index contributed by atoms with van der Waals surface area (Å²) in [7, 11) is 0. The first-order chi connectivity index (χ1) is 14.0. The third-order valence-electron chi connectivity index (χ3n) is 5.81. The van der Waals surface area contributed by atoms with Crippen LogP contribution in [0.1, 0.15) is 57.8 Å². The highest BCUT2D eigenvalue weighted by Crippen LogP contribution is 2.25. The van der Waals surface area contributed by atoms with E-state index < -0.39 is 0 Å². The molecule has 0 saturated heterocycles. The third-order valence-corrected chi connectivity index (χ3v) is 5.81. The molecule has 0 radical (unpaired) electrons. The van der Waals surface area contributed by atoms with Gasteiger partial charge in [-0.15, -0.1) is 0 Å². The van der Waals surface area contributed by atoms with Gasteiger partial charge in [-0.1, -0.05) is 12.8 Å². The maximum atomic E-state index is 12.7. The van der Waals surface area contributed by atoms with Gasteiger partial charge in [0.2, 0.25) is 0 Å². The van der Waals surface area contributed by atoms with Crippen LogP contribution < -0.4 is 10.6 Å². The summed E-state index contributed by atoms with van der Waals surface area (Å²) >= 11 is 0. The van der Waals surface area contributed by atoms with Crippen LogP contribution in [0.3, 0.4) is 0 Å². The average Bonchev–Trinajstić information content (AvgIpc) is 3.32. The van der Waals surface area contributed by atoms with E-state index in [0.29, 0.717) is 17.8 Å². The van der Waals surface area contributed by atoms with Gasteiger partial charge >= 0.3 is 0 Å². The Labute approximate surface area is 168 Å². The highest BCUT2D eigenvalue weighted by atomic mass is 16.2. The average molecular weight is 394 g/mol. The van der Waals surface area contributed by atoms with Crippen LogP contribution in [-0.4, -0.2) is 44.8 Å². The molecule has 1 fully saturated rings. The second kappa shape index (κ2) is 8.06. The minimum Gasteiger partial charge on any atom is -0.352 e. The number of rotatable bonds is 5. The minimum absolute atomic E-state index is 0.0397. The first-order valence-corrected chi connectivity index (χ1v) is 10.1. The van der Waals surface area contributed by atoms with Crippen LogP contribution in [0.15, 0.2) is 24.4 Å². The zero-order valence-electron chi connectivity index (χ0n) is 16.7. The number of hydrogen-bond acceptors (Lipinski definition) is 4. The second-order valence-corrected chi connectivity index (χ2v) is 7.84. The maximum absolute atomic E-state index is 12.7. The summed E-state index contributed by atoms with van der Waals surface area (Å²) in [6.07, 6.45) is 5.72. The number of benzene rings is 1. The molecule has 0 aliphatic heterocycles. The fourth-order valence-corrected chi connectivity index (χ4v) is 4.06. The highest BCUT2D eigenvalue weighted by Gasteiger charge is 2.28. The molecule has 1 saturated carbocycles. The molecule has 2 amide bonds. The second-order valence-electron chi connectivity index (χ2n) is 7.84. The SMILES string of the molecule is Cc1cn[nH]c1C(=O)NC1CCCCC1CNC(=O)c1ccc2n[nH]c(C)c2c1. The Bertz CT molecular complexity index is 1040. The number of H-pyrrole nitrogens is 2. The molecule has 152 valence electrons. The van der Waals surface area contributed by atoms with Crippen LogP contribution in [0.2, 0.25) is 0 Å². The van der Waals surface area contributed by atoms with Gasteiger partial charge in [-0.2, -0.15) is 10.2 Å². The smallest absolute Gasteiger partial charge is 0.269 e. The Morgan fingerprint density at radius 2 is 1.97 bits per heavy atom. The molecule has 29 heavy (non-hydrogen) atoms. The van der Waals surface area contributed by atoms with Gasteiger partial charge in [-0.3, -0.25) is 19.8 Å². The van der Waals surface area contributed by atoms with Gasteiger partial charge in [0.25, 0.3) is 11.8 Å². The number of aromatic amines is 2. The lowest BCUT2D eigenvalue weighted by atomic mass is 9.84. The van der Waals surface area contributed by atoms with E-state index in [9.17, 15) is 9.59 Å². The number of hydrogen-bond donors (Lipinski definition) is 4. The van der Waals surface area contributed by atoms with Gasteiger partial charge in [-0.05, 0) is 56.4 Å². The van der Waals surface area contributed by atoms with Gasteiger partial charge in [0.15, 0.2) is 0 Å². The molecule has 0 bridgehead atoms. The summed E-state index contributed by atoms with van der Waals surface area (Å²) in [5.41, 5.74) is 3.74. The molecular weight excluding hydrogens is 368 g/mol. The van der Waals surface area contributed by atoms with E-state index in [-0.39, 0.29) is 23.8 Å². The van der Waals surface area contributed by atoms with Crippen molar-refractivity contribution in [2.45, 2.75) is 45.6 Å². The number of carbonyl (C=O) groups is 2. The fourth-order valence-electron chi connectivity index (χ4n) is 4.06. The summed E-state index contributed by atoms with van der Waals surface area (Å²) in [5.74, 6) is -0.0315. The first kappa shape index (κ1) is 19.2. The van der Waals surface area contributed by atoms with E-state index in [1.807, 2.05) is 26.0 Å². The number of aryl methyl sites for hydroxylation is 2. The Kier molecular flexibility index (Phi) is 5.33. The number of carbonyl (C=O) groups excluding carboxylic acids is 2. The molecule has 0 spiro atoms. The number of nitrogens with zero attached hydrogens (tertiary/aromatic N) is 2. The zero-order valence-corrected chi connectivity index (χ0v) is 16.7. The van der Waals surface area contributed by atoms with Crippen molar-refractivity contribution >= 4 is 22.7 Å². The van der Waals surface area contributed by atoms with Crippen LogP contribution in [0.25, 0.3) is 10.9 Å². The summed E-state index contributed by atoms with van der Waals surface area (Å²) in [6.45, 7) is 4.33. The zero-order chi connectivity index (χ0) is 20.4. The monoisotopic (exact) mass is 394 g/mol. The quantitative estimate of drug-likeness (QED) is 0.532. The summed E-state index contributed by atoms with van der Waals surface area (Å²) in [6, 6.07) is 5.55. The number of nitrogens with one attached hydrogen (secondary N) is 4. The normalized spacial score (nSPS) is 19.2. The molecule has 1 aliphatic carbocycles. The maximum Gasteiger partial charge on any atom is 0.269 e. The van der Waals surface area contributed by atoms with E-state index in [4.69, 9.17) is 0 Å². The molecule has 2 heterocycles. The predicted octanol–water partition coefficient (Wildman–Crippen LogP) is 2.62. The minimum atomic E-state index is -0.135. The molecule has 1 aliphatic rings. The summed E-state index contributed by atoms with van der Waals surface area (Å²) < 4.78 is 0. The van der Waals surface area contributed by atoms with E-state index in [0.717, 1.165) is 47.8 Å². The topological polar surface area (TPSA) is 116 Å². The molecule has 8 heteroatoms. The first-order valence-electron chi connectivity index (χ1n) is 10.1. The van der Waals surface area contributed by atoms with Crippen LogP contribution >= 0.6 is 0 Å². The number of fused-ring (bicyclic) bond motifs is 1. The van der Waals surface area contributed by atoms with Gasteiger partial charge in [0, 0.05) is 29.2 Å². The van der Waals surface area contributed by atoms with Crippen molar-refractivity contribution in [1.82, 2.24) is 31.0 Å². The fraction of sp³-hybridized carbons (Fsp3) is 0.429. The molecule has 2 atom stereocenters. The standard InChI is InChI=1S/C21H26N6O2/c1-12-10-23-27-19(12)21(29)24-17-6-4-3-5-15(17)11-22-20(28)14-7-8-18-16(9-14)13(2)25-26-18/h7-10,15,17H,3-6,11H2,1-2H3,(H,22,28)(H,23,27)(H,24,29)(H,25,26). The van der Waals surface area contributed by atoms with Gasteiger partial charge in [0.1, 0.15) is 5.69 Å². The number of aromatic nitrogens is 4. The lowest BCUT2D eigenvalue weighted by molar-refractivity contribution is 0.0890. The van der Waals surface area contributed by atoms with Crippen molar-refractivity contribution in [2.75, 3.05) is 6.54 Å². The molecular formula is C21H26N6O2. The summed E-state index contributed by atoms with van der Waals surface area (Å²) in [5, 5.41) is 21.0. The Hall–Kier alpha value is -3.16. The lowest BCUT2D eigenvalue weighted by Gasteiger charge is -2.32. The van der Waals surface area contributed by atoms with Crippen molar-refractivity contribution in [3.63, 3.8) is 0 Å². The molecule has 3 aromatic rings. The molecule has 2 aromatic heterocycles.